The van der Waals surface area contributed by atoms with Crippen LogP contribution in [0.5, 0.6) is 0 Å². The second kappa shape index (κ2) is 17.5. The summed E-state index contributed by atoms with van der Waals surface area (Å²) in [4.78, 5) is 0. The van der Waals surface area contributed by atoms with Gasteiger partial charge in [-0.25, -0.2) is 0 Å². The van der Waals surface area contributed by atoms with Gasteiger partial charge in [0.15, 0.2) is 0 Å². The molecule has 0 unspecified atom stereocenters. The topological polar surface area (TPSA) is 18.5 Å². The van der Waals surface area contributed by atoms with Crippen LogP contribution in [0, 0.1) is 0 Å². The molecule has 0 aliphatic heterocycles. The van der Waals surface area contributed by atoms with Crippen LogP contribution in [0.2, 0.25) is 0 Å². The Kier molecular flexibility index (Phi) is 25.0. The molecule has 0 radical (unpaired) electrons. The quantitative estimate of drug-likeness (QED) is 0.419. The minimum absolute atomic E-state index is 0. The van der Waals surface area contributed by atoms with Crippen LogP contribution in [0.4, 0.5) is 0 Å². The van der Waals surface area contributed by atoms with Crippen molar-refractivity contribution in [3.05, 3.63) is 0 Å². The maximum atomic E-state index is 4.74. The molecule has 0 aromatic carbocycles. The molecule has 0 aliphatic carbocycles. The van der Waals surface area contributed by atoms with E-state index in [2.05, 4.69) is 49.7 Å². The van der Waals surface area contributed by atoms with Crippen molar-refractivity contribution in [2.24, 2.45) is 0 Å². The van der Waals surface area contributed by atoms with E-state index < -0.39 is 0 Å². The van der Waals surface area contributed by atoms with Gasteiger partial charge in [-0.15, -0.1) is 0 Å². The number of ether oxygens (including phenoxy) is 2. The van der Waals surface area contributed by atoms with Gasteiger partial charge in [-0.2, -0.15) is 0 Å². The standard InChI is InChI=1S/2C4H8OS2.Cd/c2*1-2-3-5-4(6)7;/h2*2-3H2,1H3,(H,6,7);/q;;+2/p-2. The Morgan fingerprint density at radius 1 is 0.933 bits per heavy atom. The third-order valence-electron chi connectivity index (χ3n) is 0.848. The summed E-state index contributed by atoms with van der Waals surface area (Å²) in [6, 6.07) is 0. The zero-order valence-corrected chi connectivity index (χ0v) is 16.3. The number of hydrogen-bond donors (Lipinski definition) is 0. The van der Waals surface area contributed by atoms with Gasteiger partial charge in [-0.1, -0.05) is 13.8 Å². The summed E-state index contributed by atoms with van der Waals surface area (Å²) in [6.45, 7) is 5.33. The van der Waals surface area contributed by atoms with Gasteiger partial charge < -0.3 is 59.2 Å². The van der Waals surface area contributed by atoms with E-state index in [0.717, 1.165) is 12.8 Å². The van der Waals surface area contributed by atoms with Crippen LogP contribution in [0.25, 0.3) is 0 Å². The molecule has 0 N–H and O–H groups in total. The fourth-order valence-electron chi connectivity index (χ4n) is 0.371. The number of rotatable bonds is 4. The molecule has 0 bridgehead atoms. The third-order valence-corrected chi connectivity index (χ3v) is 1.32. The van der Waals surface area contributed by atoms with E-state index in [4.69, 9.17) is 9.47 Å². The molecule has 0 aromatic heterocycles. The van der Waals surface area contributed by atoms with Gasteiger partial charge in [0.25, 0.3) is 0 Å². The maximum absolute atomic E-state index is 4.74. The Balaban J connectivity index is -0.000000180. The molecule has 0 rings (SSSR count). The summed E-state index contributed by atoms with van der Waals surface area (Å²) >= 11 is 17.8. The van der Waals surface area contributed by atoms with Crippen molar-refractivity contribution >= 4 is 58.5 Å². The molecule has 15 heavy (non-hydrogen) atoms. The molecule has 0 aliphatic rings. The van der Waals surface area contributed by atoms with Crippen LogP contribution in [0.3, 0.4) is 0 Å². The summed E-state index contributed by atoms with van der Waals surface area (Å²) in [5.74, 6) is 0. The van der Waals surface area contributed by atoms with Gasteiger partial charge >= 0.3 is 27.3 Å². The molecule has 0 saturated carbocycles. The van der Waals surface area contributed by atoms with Crippen molar-refractivity contribution in [1.82, 2.24) is 0 Å². The monoisotopic (exact) mass is 384 g/mol. The molecule has 2 nitrogen and oxygen atoms in total. The number of thiocarbonyl (C=S) groups is 2. The SMILES string of the molecule is CCCOC(=S)[S-].CCCOC(=S)[S-].[Cd+2]. The Bertz CT molecular complexity index is 149. The second-order valence-corrected chi connectivity index (χ2v) is 4.20. The molecule has 0 heterocycles. The molecule has 0 aromatic rings. The first-order chi connectivity index (χ1) is 6.54. The summed E-state index contributed by atoms with van der Waals surface area (Å²) in [7, 11) is 0. The van der Waals surface area contributed by atoms with E-state index in [1.807, 2.05) is 13.8 Å². The molecule has 0 fully saturated rings. The zero-order valence-electron chi connectivity index (χ0n) is 8.99. The van der Waals surface area contributed by atoms with Crippen molar-refractivity contribution in [1.29, 1.82) is 0 Å². The Labute approximate surface area is 134 Å². The third kappa shape index (κ3) is 31.3. The van der Waals surface area contributed by atoms with Crippen LogP contribution < -0.4 is 0 Å². The van der Waals surface area contributed by atoms with E-state index >= 15 is 0 Å². The van der Waals surface area contributed by atoms with Crippen molar-refractivity contribution in [2.45, 2.75) is 26.7 Å². The molecule has 0 spiro atoms. The van der Waals surface area contributed by atoms with Crippen molar-refractivity contribution in [2.75, 3.05) is 13.2 Å². The first kappa shape index (κ1) is 21.4. The van der Waals surface area contributed by atoms with Gasteiger partial charge in [0.2, 0.25) is 0 Å². The fraction of sp³-hybridized carbons (Fsp3) is 0.750. The summed E-state index contributed by atoms with van der Waals surface area (Å²) in [5, 5.41) is 0. The van der Waals surface area contributed by atoms with Crippen molar-refractivity contribution in [3.8, 4) is 0 Å². The maximum Gasteiger partial charge on any atom is 2.00 e. The summed E-state index contributed by atoms with van der Waals surface area (Å²) < 4.78 is 9.92. The second-order valence-electron chi connectivity index (χ2n) is 2.20. The summed E-state index contributed by atoms with van der Waals surface area (Å²) in [6.07, 6.45) is 1.94. The molecular weight excluding hydrogens is 369 g/mol. The van der Waals surface area contributed by atoms with E-state index in [1.165, 1.54) is 0 Å². The Morgan fingerprint density at radius 3 is 1.27 bits per heavy atom. The Hall–Kier alpha value is 1.14. The van der Waals surface area contributed by atoms with E-state index in [9.17, 15) is 0 Å². The average molecular weight is 383 g/mol. The first-order valence-corrected chi connectivity index (χ1v) is 5.85. The average Bonchev–Trinajstić information content (AvgIpc) is 2.12. The molecule has 0 saturated heterocycles. The van der Waals surface area contributed by atoms with Gasteiger partial charge in [-0.3, -0.25) is 0 Å². The van der Waals surface area contributed by atoms with Crippen LogP contribution >= 0.6 is 24.4 Å². The first-order valence-electron chi connectivity index (χ1n) is 4.22. The van der Waals surface area contributed by atoms with Crippen LogP contribution in [-0.2, 0) is 62.0 Å². The molecule has 84 valence electrons. The van der Waals surface area contributed by atoms with Gasteiger partial charge in [-0.05, 0) is 12.8 Å². The van der Waals surface area contributed by atoms with E-state index in [0.29, 0.717) is 13.2 Å². The molecule has 7 heteroatoms. The largest absolute Gasteiger partial charge is 2.00 e. The molecule has 0 atom stereocenters. The van der Waals surface area contributed by atoms with Gasteiger partial charge in [0.05, 0.1) is 13.2 Å². The number of hydrogen-bond acceptors (Lipinski definition) is 6. The Morgan fingerprint density at radius 2 is 1.20 bits per heavy atom. The predicted molar refractivity (Wildman–Crippen MR) is 72.4 cm³/mol. The van der Waals surface area contributed by atoms with E-state index in [1.54, 1.807) is 0 Å². The zero-order chi connectivity index (χ0) is 11.4. The molecule has 0 amide bonds. The van der Waals surface area contributed by atoms with Gasteiger partial charge in [0.1, 0.15) is 0 Å². The summed E-state index contributed by atoms with van der Waals surface area (Å²) in [5.41, 5.74) is 0. The normalized spacial score (nSPS) is 7.60. The fourth-order valence-corrected chi connectivity index (χ4v) is 0.704. The van der Waals surface area contributed by atoms with Crippen molar-refractivity contribution < 1.29 is 36.8 Å². The smallest absolute Gasteiger partial charge is 0.514 e. The minimum Gasteiger partial charge on any atom is -0.514 e. The predicted octanol–water partition coefficient (Wildman–Crippen LogP) is 2.49. The van der Waals surface area contributed by atoms with Crippen molar-refractivity contribution in [3.63, 3.8) is 0 Å². The molecular formula is C8H14CdO2S4. The van der Waals surface area contributed by atoms with E-state index in [-0.39, 0.29) is 36.1 Å². The van der Waals surface area contributed by atoms with Gasteiger partial charge in [0, 0.05) is 8.77 Å². The van der Waals surface area contributed by atoms with Crippen LogP contribution in [-0.4, -0.2) is 22.0 Å². The van der Waals surface area contributed by atoms with Crippen LogP contribution in [0.15, 0.2) is 0 Å². The van der Waals surface area contributed by atoms with Crippen LogP contribution in [0.1, 0.15) is 26.7 Å². The minimum atomic E-state index is 0.